The number of nitrogens with zero attached hydrogens (tertiary/aromatic N) is 2. The molecule has 0 saturated carbocycles. The summed E-state index contributed by atoms with van der Waals surface area (Å²) in [4.78, 5) is 8.92. The third-order valence-electron chi connectivity index (χ3n) is 3.77. The highest BCUT2D eigenvalue weighted by molar-refractivity contribution is 5.55. The highest BCUT2D eigenvalue weighted by atomic mass is 15.1. The van der Waals surface area contributed by atoms with E-state index in [0.29, 0.717) is 11.7 Å². The van der Waals surface area contributed by atoms with Gasteiger partial charge in [-0.15, -0.1) is 0 Å². The first-order valence-corrected chi connectivity index (χ1v) is 7.00. The van der Waals surface area contributed by atoms with Crippen LogP contribution in [0.3, 0.4) is 0 Å². The van der Waals surface area contributed by atoms with Gasteiger partial charge in [0.15, 0.2) is 0 Å². The molecule has 108 valence electrons. The van der Waals surface area contributed by atoms with Crippen LogP contribution in [0.25, 0.3) is 0 Å². The van der Waals surface area contributed by atoms with Crippen LogP contribution in [0.15, 0.2) is 0 Å². The van der Waals surface area contributed by atoms with Crippen LogP contribution in [0.2, 0.25) is 0 Å². The van der Waals surface area contributed by atoms with Gasteiger partial charge in [0, 0.05) is 18.0 Å². The van der Waals surface area contributed by atoms with E-state index in [1.807, 2.05) is 6.92 Å². The lowest BCUT2D eigenvalue weighted by molar-refractivity contribution is 0.274. The van der Waals surface area contributed by atoms with Crippen LogP contribution in [0.4, 0.5) is 11.6 Å². The fourth-order valence-corrected chi connectivity index (χ4v) is 1.54. The van der Waals surface area contributed by atoms with Crippen molar-refractivity contribution in [1.29, 1.82) is 0 Å². The molecular weight excluding hydrogens is 236 g/mol. The minimum absolute atomic E-state index is 0.278. The molecule has 1 rings (SSSR count). The quantitative estimate of drug-likeness (QED) is 0.872. The van der Waals surface area contributed by atoms with Gasteiger partial charge in [-0.25, -0.2) is 9.97 Å². The number of nitrogens with one attached hydrogen (secondary N) is 1. The summed E-state index contributed by atoms with van der Waals surface area (Å²) in [6.45, 7) is 16.0. The molecule has 0 aliphatic carbocycles. The number of rotatable bonds is 4. The molecule has 0 bridgehead atoms. The highest BCUT2D eigenvalue weighted by Gasteiger charge is 2.20. The number of hydrogen-bond acceptors (Lipinski definition) is 4. The Kier molecular flexibility index (Phi) is 4.77. The first kappa shape index (κ1) is 15.7. The van der Waals surface area contributed by atoms with Crippen molar-refractivity contribution >= 4 is 11.6 Å². The van der Waals surface area contributed by atoms with E-state index in [1.165, 1.54) is 0 Å². The summed E-state index contributed by atoms with van der Waals surface area (Å²) in [6, 6.07) is 0. The molecule has 4 nitrogen and oxygen atoms in total. The van der Waals surface area contributed by atoms with E-state index in [2.05, 4.69) is 56.8 Å². The van der Waals surface area contributed by atoms with Crippen LogP contribution >= 0.6 is 0 Å². The first-order chi connectivity index (χ1) is 8.62. The smallest absolute Gasteiger partial charge is 0.135 e. The van der Waals surface area contributed by atoms with Gasteiger partial charge in [0.25, 0.3) is 0 Å². The number of anilines is 2. The zero-order chi connectivity index (χ0) is 14.8. The fourth-order valence-electron chi connectivity index (χ4n) is 1.54. The number of nitrogens with two attached hydrogens (primary N) is 1. The Bertz CT molecular complexity index is 433. The van der Waals surface area contributed by atoms with E-state index in [-0.39, 0.29) is 11.3 Å². The van der Waals surface area contributed by atoms with Crippen molar-refractivity contribution in [3.8, 4) is 0 Å². The van der Waals surface area contributed by atoms with Gasteiger partial charge in [-0.05, 0) is 18.3 Å². The van der Waals surface area contributed by atoms with Crippen LogP contribution in [0.5, 0.6) is 0 Å². The van der Waals surface area contributed by atoms with Crippen molar-refractivity contribution in [2.75, 3.05) is 17.6 Å². The Labute approximate surface area is 117 Å². The van der Waals surface area contributed by atoms with E-state index in [1.54, 1.807) is 0 Å². The molecule has 0 spiro atoms. The van der Waals surface area contributed by atoms with Crippen molar-refractivity contribution in [3.63, 3.8) is 0 Å². The molecule has 0 radical (unpaired) electrons. The van der Waals surface area contributed by atoms with E-state index in [9.17, 15) is 0 Å². The summed E-state index contributed by atoms with van der Waals surface area (Å²) in [5, 5.41) is 3.42. The maximum atomic E-state index is 5.96. The molecule has 0 aromatic carbocycles. The minimum atomic E-state index is 0.278. The van der Waals surface area contributed by atoms with Crippen LogP contribution in [0, 0.1) is 18.3 Å². The summed E-state index contributed by atoms with van der Waals surface area (Å²) < 4.78 is 0. The summed E-state index contributed by atoms with van der Waals surface area (Å²) >= 11 is 0. The molecule has 0 aliphatic heterocycles. The van der Waals surface area contributed by atoms with Gasteiger partial charge in [-0.3, -0.25) is 0 Å². The Hall–Kier alpha value is -1.32. The molecule has 0 saturated heterocycles. The number of aromatic nitrogens is 2. The van der Waals surface area contributed by atoms with Crippen molar-refractivity contribution in [3.05, 3.63) is 11.4 Å². The summed E-state index contributed by atoms with van der Waals surface area (Å²) in [6.07, 6.45) is 0. The average Bonchev–Trinajstić information content (AvgIpc) is 2.28. The third-order valence-corrected chi connectivity index (χ3v) is 3.77. The highest BCUT2D eigenvalue weighted by Crippen LogP contribution is 2.26. The Morgan fingerprint density at radius 2 is 1.74 bits per heavy atom. The second kappa shape index (κ2) is 5.76. The summed E-state index contributed by atoms with van der Waals surface area (Å²) in [5.41, 5.74) is 7.17. The summed E-state index contributed by atoms with van der Waals surface area (Å²) in [7, 11) is 0. The van der Waals surface area contributed by atoms with E-state index < -0.39 is 0 Å². The lowest BCUT2D eigenvalue weighted by Crippen LogP contribution is -2.25. The van der Waals surface area contributed by atoms with Crippen LogP contribution in [0.1, 0.15) is 58.8 Å². The number of nitrogen functional groups attached to an aromatic ring is 1. The molecule has 1 heterocycles. The van der Waals surface area contributed by atoms with Gasteiger partial charge in [0.2, 0.25) is 0 Å². The molecule has 0 fully saturated rings. The second-order valence-corrected chi connectivity index (χ2v) is 6.74. The lowest BCUT2D eigenvalue weighted by atomic mass is 9.82. The normalized spacial score (nSPS) is 13.7. The predicted octanol–water partition coefficient (Wildman–Crippen LogP) is 3.58. The first-order valence-electron chi connectivity index (χ1n) is 7.00. The molecule has 4 heteroatoms. The second-order valence-electron chi connectivity index (χ2n) is 6.74. The Morgan fingerprint density at radius 3 is 2.21 bits per heavy atom. The third kappa shape index (κ3) is 4.08. The molecule has 1 aromatic rings. The minimum Gasteiger partial charge on any atom is -0.383 e. The predicted molar refractivity (Wildman–Crippen MR) is 82.4 cm³/mol. The monoisotopic (exact) mass is 264 g/mol. The Balaban J connectivity index is 2.89. The Morgan fingerprint density at radius 1 is 1.16 bits per heavy atom. The topological polar surface area (TPSA) is 63.8 Å². The van der Waals surface area contributed by atoms with Crippen molar-refractivity contribution in [2.45, 2.75) is 54.4 Å². The van der Waals surface area contributed by atoms with Crippen LogP contribution < -0.4 is 11.1 Å². The van der Waals surface area contributed by atoms with Crippen molar-refractivity contribution in [1.82, 2.24) is 9.97 Å². The van der Waals surface area contributed by atoms with E-state index in [0.717, 1.165) is 23.8 Å². The van der Waals surface area contributed by atoms with Gasteiger partial charge in [-0.2, -0.15) is 0 Å². The maximum absolute atomic E-state index is 5.96. The fraction of sp³-hybridized carbons (Fsp3) is 0.733. The van der Waals surface area contributed by atoms with Gasteiger partial charge >= 0.3 is 0 Å². The molecular formula is C15H28N4. The maximum Gasteiger partial charge on any atom is 0.135 e. The molecule has 0 aliphatic rings. The van der Waals surface area contributed by atoms with Gasteiger partial charge in [-0.1, -0.05) is 41.5 Å². The van der Waals surface area contributed by atoms with Gasteiger partial charge in [0.05, 0.1) is 0 Å². The van der Waals surface area contributed by atoms with Crippen LogP contribution in [-0.4, -0.2) is 16.5 Å². The van der Waals surface area contributed by atoms with Gasteiger partial charge in [0.1, 0.15) is 17.5 Å². The van der Waals surface area contributed by atoms with E-state index in [4.69, 9.17) is 5.73 Å². The average molecular weight is 264 g/mol. The number of hydrogen-bond donors (Lipinski definition) is 2. The molecule has 0 amide bonds. The zero-order valence-electron chi connectivity index (χ0n) is 13.3. The van der Waals surface area contributed by atoms with Gasteiger partial charge < -0.3 is 11.1 Å². The molecule has 3 N–H and O–H groups in total. The SMILES string of the molecule is Cc1c(N)nc(C(C)C)nc1NCC(C)C(C)(C)C. The van der Waals surface area contributed by atoms with E-state index >= 15 is 0 Å². The standard InChI is InChI=1S/C15H28N4/c1-9(2)13-18-12(16)11(4)14(19-13)17-8-10(3)15(5,6)7/h9-10H,8H2,1-7H3,(H3,16,17,18,19). The zero-order valence-corrected chi connectivity index (χ0v) is 13.3. The molecule has 19 heavy (non-hydrogen) atoms. The molecule has 1 unspecified atom stereocenters. The summed E-state index contributed by atoms with van der Waals surface area (Å²) in [5.74, 6) is 3.07. The van der Waals surface area contributed by atoms with Crippen molar-refractivity contribution < 1.29 is 0 Å². The van der Waals surface area contributed by atoms with Crippen molar-refractivity contribution in [2.24, 2.45) is 11.3 Å². The lowest BCUT2D eigenvalue weighted by Gasteiger charge is -2.28. The molecule has 1 atom stereocenters. The molecule has 1 aromatic heterocycles. The van der Waals surface area contributed by atoms with Crippen LogP contribution in [-0.2, 0) is 0 Å². The largest absolute Gasteiger partial charge is 0.383 e.